The second kappa shape index (κ2) is 5.52. The van der Waals surface area contributed by atoms with Crippen molar-refractivity contribution in [2.75, 3.05) is 23.4 Å². The van der Waals surface area contributed by atoms with Gasteiger partial charge in [-0.25, -0.2) is 15.0 Å². The first-order valence-electron chi connectivity index (χ1n) is 7.77. The Morgan fingerprint density at radius 1 is 1.21 bits per heavy atom. The minimum Gasteiger partial charge on any atom is -0.309 e. The zero-order chi connectivity index (χ0) is 16.7. The minimum atomic E-state index is -0.179. The number of aliphatic imine (C=N–C) groups is 2. The summed E-state index contributed by atoms with van der Waals surface area (Å²) in [4.78, 5) is 33.9. The van der Waals surface area contributed by atoms with E-state index in [1.165, 1.54) is 6.34 Å². The molecule has 2 aliphatic heterocycles. The summed E-state index contributed by atoms with van der Waals surface area (Å²) in [7, 11) is 1.76. The average molecular weight is 320 g/mol. The molecular formula is C17H16N6O. The molecule has 1 amide bonds. The Balaban J connectivity index is 1.93. The van der Waals surface area contributed by atoms with Gasteiger partial charge in [0.05, 0.1) is 16.9 Å². The van der Waals surface area contributed by atoms with Crippen molar-refractivity contribution in [1.29, 1.82) is 0 Å². The molecule has 0 saturated heterocycles. The normalized spacial score (nSPS) is 18.6. The van der Waals surface area contributed by atoms with Crippen molar-refractivity contribution in [3.63, 3.8) is 0 Å². The van der Waals surface area contributed by atoms with Crippen molar-refractivity contribution in [2.45, 2.75) is 13.0 Å². The van der Waals surface area contributed by atoms with Crippen molar-refractivity contribution in [1.82, 2.24) is 9.97 Å². The molecule has 120 valence electrons. The molecule has 4 rings (SSSR count). The molecule has 7 nitrogen and oxygen atoms in total. The van der Waals surface area contributed by atoms with E-state index in [0.29, 0.717) is 23.7 Å². The van der Waals surface area contributed by atoms with Gasteiger partial charge in [-0.3, -0.25) is 9.79 Å². The second-order valence-electron chi connectivity index (χ2n) is 5.57. The molecule has 0 bridgehead atoms. The number of fused-ring (bicyclic) bond motifs is 2. The Kier molecular flexibility index (Phi) is 3.34. The SMILES string of the molecule is CCN1c2ncccc2C(=O)N(C)c2ccc(C3C=NC=N3)nc21. The fraction of sp³-hybridized carbons (Fsp3) is 0.235. The molecule has 0 radical (unpaired) electrons. The highest BCUT2D eigenvalue weighted by molar-refractivity contribution is 6.12. The quantitative estimate of drug-likeness (QED) is 0.851. The number of carbonyl (C=O) groups is 1. The van der Waals surface area contributed by atoms with Gasteiger partial charge in [-0.1, -0.05) is 0 Å². The summed E-state index contributed by atoms with van der Waals surface area (Å²) in [6.45, 7) is 2.66. The van der Waals surface area contributed by atoms with E-state index in [2.05, 4.69) is 15.0 Å². The van der Waals surface area contributed by atoms with Gasteiger partial charge in [0, 0.05) is 26.0 Å². The molecule has 2 aromatic heterocycles. The van der Waals surface area contributed by atoms with Crippen LogP contribution in [0.4, 0.5) is 17.3 Å². The van der Waals surface area contributed by atoms with Crippen LogP contribution in [-0.4, -0.2) is 42.0 Å². The molecule has 0 aromatic carbocycles. The molecule has 0 fully saturated rings. The number of pyridine rings is 2. The number of hydrogen-bond donors (Lipinski definition) is 0. The van der Waals surface area contributed by atoms with Gasteiger partial charge in [-0.05, 0) is 31.2 Å². The highest BCUT2D eigenvalue weighted by atomic mass is 16.2. The van der Waals surface area contributed by atoms with Crippen molar-refractivity contribution < 1.29 is 4.79 Å². The molecular weight excluding hydrogens is 304 g/mol. The Morgan fingerprint density at radius 2 is 2.08 bits per heavy atom. The van der Waals surface area contributed by atoms with E-state index in [1.54, 1.807) is 36.5 Å². The summed E-state index contributed by atoms with van der Waals surface area (Å²) in [5.74, 6) is 1.24. The van der Waals surface area contributed by atoms with Gasteiger partial charge in [-0.15, -0.1) is 0 Å². The molecule has 4 heterocycles. The van der Waals surface area contributed by atoms with E-state index >= 15 is 0 Å². The first kappa shape index (κ1) is 14.5. The van der Waals surface area contributed by atoms with Crippen LogP contribution in [0.25, 0.3) is 0 Å². The Morgan fingerprint density at radius 3 is 2.83 bits per heavy atom. The lowest BCUT2D eigenvalue weighted by atomic mass is 10.2. The lowest BCUT2D eigenvalue weighted by molar-refractivity contribution is 0.0994. The number of carbonyl (C=O) groups excluding carboxylic acids is 1. The van der Waals surface area contributed by atoms with E-state index < -0.39 is 0 Å². The van der Waals surface area contributed by atoms with E-state index in [4.69, 9.17) is 4.98 Å². The van der Waals surface area contributed by atoms with Crippen molar-refractivity contribution >= 4 is 35.8 Å². The van der Waals surface area contributed by atoms with Crippen LogP contribution in [0.3, 0.4) is 0 Å². The van der Waals surface area contributed by atoms with Crippen LogP contribution in [0.5, 0.6) is 0 Å². The highest BCUT2D eigenvalue weighted by Crippen LogP contribution is 2.38. The molecule has 1 unspecified atom stereocenters. The Hall–Kier alpha value is -3.09. The Labute approximate surface area is 139 Å². The summed E-state index contributed by atoms with van der Waals surface area (Å²) in [6, 6.07) is 7.19. The van der Waals surface area contributed by atoms with Crippen molar-refractivity contribution in [2.24, 2.45) is 9.98 Å². The van der Waals surface area contributed by atoms with E-state index in [-0.39, 0.29) is 11.9 Å². The van der Waals surface area contributed by atoms with Crippen LogP contribution >= 0.6 is 0 Å². The summed E-state index contributed by atoms with van der Waals surface area (Å²) in [6.07, 6.45) is 4.97. The molecule has 0 aliphatic carbocycles. The van der Waals surface area contributed by atoms with Crippen molar-refractivity contribution in [3.05, 3.63) is 41.7 Å². The third-order valence-electron chi connectivity index (χ3n) is 4.21. The summed E-state index contributed by atoms with van der Waals surface area (Å²) < 4.78 is 0. The van der Waals surface area contributed by atoms with Gasteiger partial charge in [-0.2, -0.15) is 0 Å². The lowest BCUT2D eigenvalue weighted by Crippen LogP contribution is -2.25. The predicted molar refractivity (Wildman–Crippen MR) is 93.6 cm³/mol. The summed E-state index contributed by atoms with van der Waals surface area (Å²) >= 11 is 0. The van der Waals surface area contributed by atoms with Gasteiger partial charge in [0.25, 0.3) is 5.91 Å². The second-order valence-corrected chi connectivity index (χ2v) is 5.57. The number of rotatable bonds is 2. The summed E-state index contributed by atoms with van der Waals surface area (Å²) in [5.41, 5.74) is 2.12. The van der Waals surface area contributed by atoms with E-state index in [1.807, 2.05) is 24.0 Å². The van der Waals surface area contributed by atoms with Gasteiger partial charge in [0.2, 0.25) is 0 Å². The lowest BCUT2D eigenvalue weighted by Gasteiger charge is -2.23. The maximum Gasteiger partial charge on any atom is 0.261 e. The molecule has 0 spiro atoms. The zero-order valence-electron chi connectivity index (χ0n) is 13.4. The number of aromatic nitrogens is 2. The molecule has 0 N–H and O–H groups in total. The molecule has 1 atom stereocenters. The molecule has 2 aromatic rings. The van der Waals surface area contributed by atoms with Crippen LogP contribution in [0.15, 0.2) is 40.4 Å². The van der Waals surface area contributed by atoms with Crippen LogP contribution in [0, 0.1) is 0 Å². The van der Waals surface area contributed by atoms with Gasteiger partial charge >= 0.3 is 0 Å². The highest BCUT2D eigenvalue weighted by Gasteiger charge is 2.31. The monoisotopic (exact) mass is 320 g/mol. The van der Waals surface area contributed by atoms with Crippen LogP contribution in [0.2, 0.25) is 0 Å². The topological polar surface area (TPSA) is 74.1 Å². The number of anilines is 3. The number of nitrogens with zero attached hydrogens (tertiary/aromatic N) is 6. The van der Waals surface area contributed by atoms with Crippen LogP contribution in [0.1, 0.15) is 29.0 Å². The predicted octanol–water partition coefficient (Wildman–Crippen LogP) is 2.38. The van der Waals surface area contributed by atoms with Gasteiger partial charge in [0.1, 0.15) is 18.2 Å². The molecule has 24 heavy (non-hydrogen) atoms. The van der Waals surface area contributed by atoms with Crippen LogP contribution in [-0.2, 0) is 0 Å². The smallest absolute Gasteiger partial charge is 0.261 e. The first-order valence-corrected chi connectivity index (χ1v) is 7.77. The third-order valence-corrected chi connectivity index (χ3v) is 4.21. The van der Waals surface area contributed by atoms with E-state index in [9.17, 15) is 4.79 Å². The summed E-state index contributed by atoms with van der Waals surface area (Å²) in [5, 5.41) is 0. The Bertz CT molecular complexity index is 863. The molecule has 0 saturated carbocycles. The van der Waals surface area contributed by atoms with E-state index in [0.717, 1.165) is 11.4 Å². The fourth-order valence-electron chi connectivity index (χ4n) is 2.97. The van der Waals surface area contributed by atoms with Gasteiger partial charge in [0.15, 0.2) is 5.82 Å². The molecule has 2 aliphatic rings. The fourth-order valence-corrected chi connectivity index (χ4v) is 2.97. The first-order chi connectivity index (χ1) is 11.7. The van der Waals surface area contributed by atoms with Crippen molar-refractivity contribution in [3.8, 4) is 0 Å². The minimum absolute atomic E-state index is 0.0923. The number of amides is 1. The molecule has 7 heteroatoms. The maximum atomic E-state index is 12.8. The largest absolute Gasteiger partial charge is 0.309 e. The average Bonchev–Trinajstić information content (AvgIpc) is 3.13. The van der Waals surface area contributed by atoms with Crippen LogP contribution < -0.4 is 9.80 Å². The third kappa shape index (κ3) is 2.09. The zero-order valence-corrected chi connectivity index (χ0v) is 13.4. The number of hydrogen-bond acceptors (Lipinski definition) is 6. The standard InChI is InChI=1S/C17H16N6O/c1-3-23-15-11(5-4-8-19-15)17(24)22(2)14-7-6-12(21-16(14)23)13-9-18-10-20-13/h4-10,13H,3H2,1-2H3. The van der Waals surface area contributed by atoms with Gasteiger partial charge < -0.3 is 9.80 Å². The maximum absolute atomic E-state index is 12.8.